The number of halogens is 3. The summed E-state index contributed by atoms with van der Waals surface area (Å²) in [7, 11) is 0. The quantitative estimate of drug-likeness (QED) is 0.904. The lowest BCUT2D eigenvalue weighted by Gasteiger charge is -2.24. The van der Waals surface area contributed by atoms with E-state index in [1.165, 1.54) is 17.2 Å². The van der Waals surface area contributed by atoms with Crippen molar-refractivity contribution in [1.82, 2.24) is 4.98 Å². The van der Waals surface area contributed by atoms with Crippen LogP contribution in [-0.2, 0) is 0 Å². The third-order valence-corrected chi connectivity index (χ3v) is 2.88. The Morgan fingerprint density at radius 1 is 1.44 bits per heavy atom. The van der Waals surface area contributed by atoms with Crippen molar-refractivity contribution in [2.75, 3.05) is 11.4 Å². The van der Waals surface area contributed by atoms with Crippen molar-refractivity contribution < 1.29 is 18.3 Å². The molecule has 100 valence electrons. The second kappa shape index (κ2) is 4.76. The van der Waals surface area contributed by atoms with E-state index in [4.69, 9.17) is 0 Å². The maximum Gasteiger partial charge on any atom is 0.405 e. The first kappa shape index (κ1) is 13.1. The van der Waals surface area contributed by atoms with Crippen molar-refractivity contribution in [2.45, 2.75) is 38.1 Å². The molecule has 0 saturated heterocycles. The third-order valence-electron chi connectivity index (χ3n) is 2.88. The Balaban J connectivity index is 2.15. The predicted molar refractivity (Wildman–Crippen MR) is 61.3 cm³/mol. The Kier molecular flexibility index (Phi) is 3.47. The lowest BCUT2D eigenvalue weighted by molar-refractivity contribution is -0.120. The van der Waals surface area contributed by atoms with E-state index in [9.17, 15) is 18.3 Å². The molecule has 3 nitrogen and oxygen atoms in total. The Bertz CT molecular complexity index is 399. The minimum Gasteiger partial charge on any atom is -0.389 e. The topological polar surface area (TPSA) is 36.4 Å². The van der Waals surface area contributed by atoms with E-state index in [-0.39, 0.29) is 6.04 Å². The smallest absolute Gasteiger partial charge is 0.389 e. The van der Waals surface area contributed by atoms with Gasteiger partial charge in [0, 0.05) is 12.2 Å². The number of rotatable bonds is 4. The summed E-state index contributed by atoms with van der Waals surface area (Å²) in [5.41, 5.74) is 0.599. The molecule has 1 aliphatic rings. The van der Waals surface area contributed by atoms with Gasteiger partial charge in [-0.15, -0.1) is 0 Å². The van der Waals surface area contributed by atoms with Crippen molar-refractivity contribution in [3.63, 3.8) is 0 Å². The van der Waals surface area contributed by atoms with Gasteiger partial charge in [-0.2, -0.15) is 13.2 Å². The molecule has 0 bridgehead atoms. The normalized spacial score (nSPS) is 17.6. The highest BCUT2D eigenvalue weighted by Gasteiger charge is 2.38. The zero-order chi connectivity index (χ0) is 13.3. The molecule has 1 aromatic rings. The molecular formula is C12H15F3N2O. The predicted octanol–water partition coefficient (Wildman–Crippen LogP) is 2.67. The number of hydrogen-bond acceptors (Lipinski definition) is 3. The maximum absolute atomic E-state index is 12.5. The minimum atomic E-state index is -4.23. The van der Waals surface area contributed by atoms with E-state index in [2.05, 4.69) is 4.98 Å². The minimum absolute atomic E-state index is 0.0588. The molecule has 0 aliphatic heterocycles. The van der Waals surface area contributed by atoms with Crippen molar-refractivity contribution in [1.29, 1.82) is 0 Å². The van der Waals surface area contributed by atoms with E-state index < -0.39 is 18.8 Å². The van der Waals surface area contributed by atoms with E-state index in [1.807, 2.05) is 0 Å². The Labute approximate surface area is 103 Å². The van der Waals surface area contributed by atoms with Crippen LogP contribution in [0.1, 0.15) is 31.4 Å². The van der Waals surface area contributed by atoms with Gasteiger partial charge in [0.05, 0.1) is 6.10 Å². The Morgan fingerprint density at radius 3 is 2.50 bits per heavy atom. The van der Waals surface area contributed by atoms with Crippen molar-refractivity contribution in [3.8, 4) is 0 Å². The summed E-state index contributed by atoms with van der Waals surface area (Å²) in [4.78, 5) is 5.30. The second-order valence-electron chi connectivity index (χ2n) is 4.60. The first-order valence-electron chi connectivity index (χ1n) is 5.84. The molecule has 0 spiro atoms. The molecule has 1 fully saturated rings. The lowest BCUT2D eigenvalue weighted by atomic mass is 10.2. The van der Waals surface area contributed by atoms with Crippen LogP contribution >= 0.6 is 0 Å². The molecule has 0 unspecified atom stereocenters. The fourth-order valence-electron chi connectivity index (χ4n) is 1.79. The first-order chi connectivity index (χ1) is 8.37. The zero-order valence-electron chi connectivity index (χ0n) is 9.98. The molecule has 18 heavy (non-hydrogen) atoms. The van der Waals surface area contributed by atoms with Crippen molar-refractivity contribution >= 4 is 5.82 Å². The van der Waals surface area contributed by atoms with E-state index in [1.54, 1.807) is 13.0 Å². The van der Waals surface area contributed by atoms with Crippen LogP contribution in [0.25, 0.3) is 0 Å². The maximum atomic E-state index is 12.5. The van der Waals surface area contributed by atoms with Crippen LogP contribution in [-0.4, -0.2) is 28.9 Å². The van der Waals surface area contributed by atoms with Gasteiger partial charge < -0.3 is 10.0 Å². The Hall–Kier alpha value is -1.30. The van der Waals surface area contributed by atoms with Gasteiger partial charge in [0.2, 0.25) is 0 Å². The van der Waals surface area contributed by atoms with E-state index in [0.717, 1.165) is 12.8 Å². The molecule has 6 heteroatoms. The van der Waals surface area contributed by atoms with Gasteiger partial charge in [0.1, 0.15) is 12.4 Å². The first-order valence-corrected chi connectivity index (χ1v) is 5.84. The summed E-state index contributed by atoms with van der Waals surface area (Å²) in [6.07, 6.45) is -1.92. The summed E-state index contributed by atoms with van der Waals surface area (Å²) in [5, 5.41) is 9.33. The van der Waals surface area contributed by atoms with Gasteiger partial charge in [-0.1, -0.05) is 6.07 Å². The number of aromatic nitrogens is 1. The largest absolute Gasteiger partial charge is 0.405 e. The van der Waals surface area contributed by atoms with Gasteiger partial charge in [-0.05, 0) is 31.4 Å². The average molecular weight is 260 g/mol. The molecule has 1 aromatic heterocycles. The van der Waals surface area contributed by atoms with Crippen molar-refractivity contribution in [3.05, 3.63) is 23.9 Å². The SMILES string of the molecule is C[C@@H](O)c1ccc(N(CC(F)(F)F)C2CC2)nc1. The van der Waals surface area contributed by atoms with Gasteiger partial charge in [-0.3, -0.25) is 0 Å². The van der Waals surface area contributed by atoms with Crippen molar-refractivity contribution in [2.24, 2.45) is 0 Å². The van der Waals surface area contributed by atoms with Crippen LogP contribution in [0.2, 0.25) is 0 Å². The zero-order valence-corrected chi connectivity index (χ0v) is 9.98. The number of hydrogen-bond donors (Lipinski definition) is 1. The second-order valence-corrected chi connectivity index (χ2v) is 4.60. The van der Waals surface area contributed by atoms with E-state index in [0.29, 0.717) is 11.4 Å². The molecule has 1 N–H and O–H groups in total. The fourth-order valence-corrected chi connectivity index (χ4v) is 1.79. The number of aliphatic hydroxyl groups is 1. The van der Waals surface area contributed by atoms with Crippen LogP contribution in [0.4, 0.5) is 19.0 Å². The number of aliphatic hydroxyl groups excluding tert-OH is 1. The number of nitrogens with zero attached hydrogens (tertiary/aromatic N) is 2. The van der Waals surface area contributed by atoms with Crippen LogP contribution in [0.15, 0.2) is 18.3 Å². The molecule has 0 amide bonds. The lowest BCUT2D eigenvalue weighted by Crippen LogP contribution is -2.36. The summed E-state index contributed by atoms with van der Waals surface area (Å²) in [6.45, 7) is 0.615. The standard InChI is InChI=1S/C12H15F3N2O/c1-8(18)9-2-5-11(16-6-9)17(10-3-4-10)7-12(13,14)15/h2,5-6,8,10,18H,3-4,7H2,1H3/t8-/m1/s1. The summed E-state index contributed by atoms with van der Waals surface area (Å²) < 4.78 is 37.4. The molecule has 0 radical (unpaired) electrons. The molecular weight excluding hydrogens is 245 g/mol. The summed E-state index contributed by atoms with van der Waals surface area (Å²) >= 11 is 0. The van der Waals surface area contributed by atoms with Crippen LogP contribution in [0.5, 0.6) is 0 Å². The van der Waals surface area contributed by atoms with Gasteiger partial charge in [0.25, 0.3) is 0 Å². The number of alkyl halides is 3. The molecule has 2 rings (SSSR count). The number of anilines is 1. The molecule has 0 aromatic carbocycles. The number of pyridine rings is 1. The third kappa shape index (κ3) is 3.35. The molecule has 1 aliphatic carbocycles. The highest BCUT2D eigenvalue weighted by atomic mass is 19.4. The molecule has 1 atom stereocenters. The highest BCUT2D eigenvalue weighted by molar-refractivity contribution is 5.42. The van der Waals surface area contributed by atoms with Gasteiger partial charge >= 0.3 is 6.18 Å². The molecule has 1 saturated carbocycles. The van der Waals surface area contributed by atoms with Crippen LogP contribution in [0.3, 0.4) is 0 Å². The highest BCUT2D eigenvalue weighted by Crippen LogP contribution is 2.33. The fraction of sp³-hybridized carbons (Fsp3) is 0.583. The van der Waals surface area contributed by atoms with Gasteiger partial charge in [0.15, 0.2) is 0 Å². The monoisotopic (exact) mass is 260 g/mol. The molecule has 1 heterocycles. The van der Waals surface area contributed by atoms with E-state index >= 15 is 0 Å². The average Bonchev–Trinajstić information content (AvgIpc) is 3.08. The van der Waals surface area contributed by atoms with Crippen LogP contribution in [0, 0.1) is 0 Å². The summed E-state index contributed by atoms with van der Waals surface area (Å²) in [5.74, 6) is 0.319. The van der Waals surface area contributed by atoms with Crippen LogP contribution < -0.4 is 4.90 Å². The van der Waals surface area contributed by atoms with Gasteiger partial charge in [-0.25, -0.2) is 4.98 Å². The Morgan fingerprint density at radius 2 is 2.11 bits per heavy atom. The summed E-state index contributed by atoms with van der Waals surface area (Å²) in [6, 6.07) is 3.08.